The Morgan fingerprint density at radius 3 is 2.21 bits per heavy atom. The average molecular weight is 349 g/mol. The fourth-order valence-electron chi connectivity index (χ4n) is 1.87. The molecule has 1 rings (SSSR count). The molecule has 0 aliphatic carbocycles. The molecular formula is C13H21BrN2O2S. The Bertz CT molecular complexity index is 511. The van der Waals surface area contributed by atoms with Gasteiger partial charge < -0.3 is 5.73 Å². The van der Waals surface area contributed by atoms with E-state index in [0.717, 1.165) is 18.4 Å². The molecule has 0 saturated heterocycles. The average Bonchev–Trinajstić information content (AvgIpc) is 2.38. The molecule has 19 heavy (non-hydrogen) atoms. The normalized spacial score (nSPS) is 12.1. The first-order chi connectivity index (χ1) is 8.97. The Hall–Kier alpha value is -0.430. The Morgan fingerprint density at radius 2 is 1.79 bits per heavy atom. The molecule has 2 N–H and O–H groups in total. The largest absolute Gasteiger partial charge is 0.326 e. The summed E-state index contributed by atoms with van der Waals surface area (Å²) in [6.07, 6.45) is 1.61. The third kappa shape index (κ3) is 4.02. The minimum atomic E-state index is -3.44. The quantitative estimate of drug-likeness (QED) is 0.823. The zero-order valence-corrected chi connectivity index (χ0v) is 13.8. The summed E-state index contributed by atoms with van der Waals surface area (Å²) in [4.78, 5) is 0.312. The van der Waals surface area contributed by atoms with Gasteiger partial charge in [0.15, 0.2) is 0 Å². The van der Waals surface area contributed by atoms with Crippen molar-refractivity contribution in [3.05, 3.63) is 28.2 Å². The van der Waals surface area contributed by atoms with E-state index >= 15 is 0 Å². The predicted octanol–water partition coefficient (Wildman–Crippen LogP) is 2.72. The molecule has 108 valence electrons. The third-order valence-electron chi connectivity index (χ3n) is 2.80. The van der Waals surface area contributed by atoms with Crippen LogP contribution in [0.1, 0.15) is 32.3 Å². The van der Waals surface area contributed by atoms with Crippen LogP contribution in [0.4, 0.5) is 0 Å². The second kappa shape index (κ2) is 7.38. The van der Waals surface area contributed by atoms with Gasteiger partial charge in [0.1, 0.15) is 0 Å². The monoisotopic (exact) mass is 348 g/mol. The number of rotatable bonds is 7. The zero-order valence-electron chi connectivity index (χ0n) is 11.4. The summed E-state index contributed by atoms with van der Waals surface area (Å²) in [5.74, 6) is 0. The molecule has 4 nitrogen and oxygen atoms in total. The molecule has 1 aromatic rings. The Labute approximate surface area is 124 Å². The van der Waals surface area contributed by atoms with Crippen LogP contribution in [0, 0.1) is 0 Å². The molecule has 0 aromatic heterocycles. The smallest absolute Gasteiger partial charge is 0.244 e. The molecule has 0 amide bonds. The highest BCUT2D eigenvalue weighted by atomic mass is 79.9. The lowest BCUT2D eigenvalue weighted by molar-refractivity contribution is 0.409. The molecular weight excluding hydrogens is 328 g/mol. The van der Waals surface area contributed by atoms with E-state index in [1.165, 1.54) is 4.31 Å². The highest BCUT2D eigenvalue weighted by molar-refractivity contribution is 9.10. The number of hydrogen-bond acceptors (Lipinski definition) is 3. The number of nitrogens with two attached hydrogens (primary N) is 1. The van der Waals surface area contributed by atoms with Gasteiger partial charge >= 0.3 is 0 Å². The van der Waals surface area contributed by atoms with E-state index in [1.54, 1.807) is 18.2 Å². The van der Waals surface area contributed by atoms with Gasteiger partial charge in [-0.15, -0.1) is 0 Å². The van der Waals surface area contributed by atoms with Crippen molar-refractivity contribution in [1.29, 1.82) is 0 Å². The van der Waals surface area contributed by atoms with E-state index in [4.69, 9.17) is 5.73 Å². The van der Waals surface area contributed by atoms with Crippen LogP contribution >= 0.6 is 15.9 Å². The van der Waals surface area contributed by atoms with Crippen LogP contribution in [0.25, 0.3) is 0 Å². The van der Waals surface area contributed by atoms with E-state index in [0.29, 0.717) is 29.0 Å². The van der Waals surface area contributed by atoms with E-state index in [2.05, 4.69) is 15.9 Å². The first-order valence-corrected chi connectivity index (χ1v) is 8.69. The minimum absolute atomic E-state index is 0.312. The molecule has 1 aromatic carbocycles. The first-order valence-electron chi connectivity index (χ1n) is 6.46. The van der Waals surface area contributed by atoms with Gasteiger partial charge in [0.25, 0.3) is 0 Å². The SMILES string of the molecule is CCCN(CCC)S(=O)(=O)c1ccc(CN)cc1Br. The van der Waals surface area contributed by atoms with E-state index in [-0.39, 0.29) is 0 Å². The molecule has 0 heterocycles. The standard InChI is InChI=1S/C13H21BrN2O2S/c1-3-7-16(8-4-2)19(17,18)13-6-5-11(10-15)9-12(13)14/h5-6,9H,3-4,7-8,10,15H2,1-2H3. The lowest BCUT2D eigenvalue weighted by Gasteiger charge is -2.21. The second-order valence-electron chi connectivity index (χ2n) is 4.37. The van der Waals surface area contributed by atoms with Crippen LogP contribution in [0.3, 0.4) is 0 Å². The van der Waals surface area contributed by atoms with Crippen molar-refractivity contribution in [2.45, 2.75) is 38.1 Å². The molecule has 0 bridgehead atoms. The van der Waals surface area contributed by atoms with Crippen molar-refractivity contribution in [1.82, 2.24) is 4.31 Å². The van der Waals surface area contributed by atoms with Gasteiger partial charge in [-0.1, -0.05) is 19.9 Å². The highest BCUT2D eigenvalue weighted by Gasteiger charge is 2.25. The number of nitrogens with zero attached hydrogens (tertiary/aromatic N) is 1. The van der Waals surface area contributed by atoms with Crippen molar-refractivity contribution in [2.75, 3.05) is 13.1 Å². The van der Waals surface area contributed by atoms with Gasteiger partial charge in [-0.05, 0) is 46.5 Å². The van der Waals surface area contributed by atoms with Crippen LogP contribution in [0.2, 0.25) is 0 Å². The Morgan fingerprint density at radius 1 is 1.21 bits per heavy atom. The summed E-state index contributed by atoms with van der Waals surface area (Å²) in [6, 6.07) is 5.15. The molecule has 0 spiro atoms. The fraction of sp³-hybridized carbons (Fsp3) is 0.538. The second-order valence-corrected chi connectivity index (χ2v) is 7.13. The topological polar surface area (TPSA) is 63.4 Å². The van der Waals surface area contributed by atoms with Gasteiger partial charge in [0.05, 0.1) is 4.90 Å². The fourth-order valence-corrected chi connectivity index (χ4v) is 4.58. The van der Waals surface area contributed by atoms with Gasteiger partial charge in [-0.2, -0.15) is 4.31 Å². The van der Waals surface area contributed by atoms with Gasteiger partial charge in [0.2, 0.25) is 10.0 Å². The van der Waals surface area contributed by atoms with E-state index in [1.807, 2.05) is 13.8 Å². The maximum Gasteiger partial charge on any atom is 0.244 e. The van der Waals surface area contributed by atoms with E-state index < -0.39 is 10.0 Å². The van der Waals surface area contributed by atoms with Crippen LogP contribution < -0.4 is 5.73 Å². The molecule has 0 fully saturated rings. The lowest BCUT2D eigenvalue weighted by atomic mass is 10.2. The molecule has 0 unspecified atom stereocenters. The Balaban J connectivity index is 3.17. The van der Waals surface area contributed by atoms with Crippen LogP contribution in [0.15, 0.2) is 27.6 Å². The Kier molecular flexibility index (Phi) is 6.46. The maximum absolute atomic E-state index is 12.6. The highest BCUT2D eigenvalue weighted by Crippen LogP contribution is 2.26. The van der Waals surface area contributed by atoms with Gasteiger partial charge in [-0.25, -0.2) is 8.42 Å². The van der Waals surface area contributed by atoms with Crippen LogP contribution in [-0.2, 0) is 16.6 Å². The zero-order chi connectivity index (χ0) is 14.5. The predicted molar refractivity (Wildman–Crippen MR) is 81.4 cm³/mol. The molecule has 0 aliphatic rings. The molecule has 0 aliphatic heterocycles. The summed E-state index contributed by atoms with van der Waals surface area (Å²) < 4.78 is 27.3. The number of benzene rings is 1. The van der Waals surface area contributed by atoms with Crippen molar-refractivity contribution in [2.24, 2.45) is 5.73 Å². The lowest BCUT2D eigenvalue weighted by Crippen LogP contribution is -2.32. The third-order valence-corrected chi connectivity index (χ3v) is 5.67. The number of sulfonamides is 1. The minimum Gasteiger partial charge on any atom is -0.326 e. The van der Waals surface area contributed by atoms with Crippen molar-refractivity contribution < 1.29 is 8.42 Å². The summed E-state index contributed by atoms with van der Waals surface area (Å²) in [6.45, 7) is 5.44. The summed E-state index contributed by atoms with van der Waals surface area (Å²) >= 11 is 3.33. The summed E-state index contributed by atoms with van der Waals surface area (Å²) in [7, 11) is -3.44. The first kappa shape index (κ1) is 16.6. The van der Waals surface area contributed by atoms with E-state index in [9.17, 15) is 8.42 Å². The van der Waals surface area contributed by atoms with Gasteiger partial charge in [0, 0.05) is 24.1 Å². The molecule has 0 atom stereocenters. The molecule has 0 radical (unpaired) electrons. The summed E-state index contributed by atoms with van der Waals surface area (Å²) in [5, 5.41) is 0. The number of hydrogen-bond donors (Lipinski definition) is 1. The van der Waals surface area contributed by atoms with Crippen molar-refractivity contribution in [3.8, 4) is 0 Å². The molecule has 6 heteroatoms. The van der Waals surface area contributed by atoms with Crippen LogP contribution in [-0.4, -0.2) is 25.8 Å². The molecule has 0 saturated carbocycles. The maximum atomic E-state index is 12.6. The number of halogens is 1. The van der Waals surface area contributed by atoms with Gasteiger partial charge in [-0.3, -0.25) is 0 Å². The van der Waals surface area contributed by atoms with Crippen molar-refractivity contribution in [3.63, 3.8) is 0 Å². The summed E-state index contributed by atoms with van der Waals surface area (Å²) in [5.41, 5.74) is 6.46. The van der Waals surface area contributed by atoms with Crippen molar-refractivity contribution >= 4 is 26.0 Å². The van der Waals surface area contributed by atoms with Crippen LogP contribution in [0.5, 0.6) is 0 Å².